The molecule has 1 aromatic heterocycles. The fraction of sp³-hybridized carbons (Fsp3) is 0.192. The van der Waals surface area contributed by atoms with Gasteiger partial charge >= 0.3 is 6.03 Å². The molecule has 0 fully saturated rings. The lowest BCUT2D eigenvalue weighted by molar-refractivity contribution is 0.179. The number of urea groups is 1. The average molecular weight is 446 g/mol. The molecule has 1 atom stereocenters. The van der Waals surface area contributed by atoms with Crippen molar-refractivity contribution in [3.63, 3.8) is 0 Å². The van der Waals surface area contributed by atoms with E-state index in [0.29, 0.717) is 23.9 Å². The van der Waals surface area contributed by atoms with Gasteiger partial charge in [0.1, 0.15) is 5.75 Å². The maximum absolute atomic E-state index is 13.3. The third-order valence-corrected chi connectivity index (χ3v) is 6.37. The Labute approximate surface area is 192 Å². The van der Waals surface area contributed by atoms with Crippen LogP contribution in [0.25, 0.3) is 10.9 Å². The molecule has 2 heterocycles. The van der Waals surface area contributed by atoms with Crippen molar-refractivity contribution in [3.8, 4) is 5.75 Å². The molecule has 0 bridgehead atoms. The van der Waals surface area contributed by atoms with E-state index in [-0.39, 0.29) is 12.1 Å². The number of benzene rings is 3. The first-order valence-electron chi connectivity index (χ1n) is 10.7. The van der Waals surface area contributed by atoms with Crippen molar-refractivity contribution in [1.29, 1.82) is 0 Å². The SMILES string of the molecule is COc1ccc(C2c3[nH]c4ccccc4c3CCN2C(=O)NCc2ccccc2)cc1Cl. The number of nitrogens with zero attached hydrogens (tertiary/aromatic N) is 1. The number of carbonyl (C=O) groups excluding carboxylic acids is 1. The number of halogens is 1. The molecule has 0 saturated heterocycles. The second kappa shape index (κ2) is 8.60. The van der Waals surface area contributed by atoms with Crippen LogP contribution < -0.4 is 10.1 Å². The topological polar surface area (TPSA) is 57.4 Å². The highest BCUT2D eigenvalue weighted by molar-refractivity contribution is 6.32. The highest BCUT2D eigenvalue weighted by atomic mass is 35.5. The van der Waals surface area contributed by atoms with Crippen LogP contribution in [0.15, 0.2) is 72.8 Å². The molecule has 2 amide bonds. The van der Waals surface area contributed by atoms with E-state index in [1.165, 1.54) is 10.9 Å². The molecule has 3 aromatic carbocycles. The Morgan fingerprint density at radius 3 is 2.69 bits per heavy atom. The van der Waals surface area contributed by atoms with Crippen LogP contribution in [-0.4, -0.2) is 29.6 Å². The summed E-state index contributed by atoms with van der Waals surface area (Å²) in [5.74, 6) is 0.614. The van der Waals surface area contributed by atoms with Crippen molar-refractivity contribution >= 4 is 28.5 Å². The van der Waals surface area contributed by atoms with Crippen LogP contribution in [0.5, 0.6) is 5.75 Å². The van der Waals surface area contributed by atoms with E-state index in [1.807, 2.05) is 59.5 Å². The summed E-state index contributed by atoms with van der Waals surface area (Å²) in [7, 11) is 1.60. The fourth-order valence-corrected chi connectivity index (χ4v) is 4.80. The summed E-state index contributed by atoms with van der Waals surface area (Å²) in [5.41, 5.74) is 5.37. The Morgan fingerprint density at radius 2 is 1.91 bits per heavy atom. The van der Waals surface area contributed by atoms with Gasteiger partial charge in [0.25, 0.3) is 0 Å². The molecule has 0 radical (unpaired) electrons. The van der Waals surface area contributed by atoms with Crippen molar-refractivity contribution in [2.75, 3.05) is 13.7 Å². The van der Waals surface area contributed by atoms with E-state index in [0.717, 1.165) is 28.8 Å². The minimum atomic E-state index is -0.273. The Kier molecular flexibility index (Phi) is 5.50. The van der Waals surface area contributed by atoms with Gasteiger partial charge in [-0.25, -0.2) is 4.79 Å². The molecule has 1 aliphatic heterocycles. The molecule has 32 heavy (non-hydrogen) atoms. The molecule has 0 spiro atoms. The second-order valence-corrected chi connectivity index (χ2v) is 8.35. The number of H-pyrrole nitrogens is 1. The second-order valence-electron chi connectivity index (χ2n) is 7.95. The van der Waals surface area contributed by atoms with Gasteiger partial charge in [0.15, 0.2) is 0 Å². The Morgan fingerprint density at radius 1 is 1.12 bits per heavy atom. The summed E-state index contributed by atoms with van der Waals surface area (Å²) >= 11 is 6.47. The van der Waals surface area contributed by atoms with E-state index in [9.17, 15) is 4.79 Å². The number of ether oxygens (including phenoxy) is 1. The predicted molar refractivity (Wildman–Crippen MR) is 127 cm³/mol. The smallest absolute Gasteiger partial charge is 0.318 e. The molecule has 1 aliphatic rings. The molecule has 0 saturated carbocycles. The molecule has 5 rings (SSSR count). The molecule has 1 unspecified atom stereocenters. The molecular weight excluding hydrogens is 422 g/mol. The quantitative estimate of drug-likeness (QED) is 0.424. The van der Waals surface area contributed by atoms with Gasteiger partial charge in [-0.2, -0.15) is 0 Å². The molecule has 162 valence electrons. The van der Waals surface area contributed by atoms with Crippen LogP contribution in [-0.2, 0) is 13.0 Å². The lowest BCUT2D eigenvalue weighted by atomic mass is 9.92. The van der Waals surface area contributed by atoms with E-state index >= 15 is 0 Å². The van der Waals surface area contributed by atoms with Gasteiger partial charge in [0.2, 0.25) is 0 Å². The van der Waals surface area contributed by atoms with Gasteiger partial charge in [0, 0.05) is 29.7 Å². The lowest BCUT2D eigenvalue weighted by Gasteiger charge is -2.36. The standard InChI is InChI=1S/C26H24ClN3O2/c1-32-23-12-11-18(15-21(23)27)25-24-20(19-9-5-6-10-22(19)29-24)13-14-30(25)26(31)28-16-17-7-3-2-4-8-17/h2-12,15,25,29H,13-14,16H2,1H3,(H,28,31). The van der Waals surface area contributed by atoms with Crippen molar-refractivity contribution in [2.24, 2.45) is 0 Å². The zero-order valence-corrected chi connectivity index (χ0v) is 18.5. The fourth-order valence-electron chi connectivity index (χ4n) is 4.53. The highest BCUT2D eigenvalue weighted by Gasteiger charge is 2.34. The maximum Gasteiger partial charge on any atom is 0.318 e. The summed E-state index contributed by atoms with van der Waals surface area (Å²) in [6, 6.07) is 23.6. The van der Waals surface area contributed by atoms with Gasteiger partial charge < -0.3 is 19.9 Å². The minimum absolute atomic E-state index is 0.102. The normalized spacial score (nSPS) is 15.4. The van der Waals surface area contributed by atoms with Crippen LogP contribution in [0.2, 0.25) is 5.02 Å². The molecular formula is C26H24ClN3O2. The van der Waals surface area contributed by atoms with Crippen LogP contribution in [0, 0.1) is 0 Å². The van der Waals surface area contributed by atoms with E-state index in [2.05, 4.69) is 28.5 Å². The first kappa shape index (κ1) is 20.5. The predicted octanol–water partition coefficient (Wildman–Crippen LogP) is 5.69. The number of aromatic nitrogens is 1. The number of carbonyl (C=O) groups is 1. The number of nitrogens with one attached hydrogen (secondary N) is 2. The minimum Gasteiger partial charge on any atom is -0.495 e. The number of methoxy groups -OCH3 is 1. The summed E-state index contributed by atoms with van der Waals surface area (Å²) in [4.78, 5) is 18.8. The zero-order chi connectivity index (χ0) is 22.1. The van der Waals surface area contributed by atoms with E-state index < -0.39 is 0 Å². The first-order valence-corrected chi connectivity index (χ1v) is 11.0. The molecule has 2 N–H and O–H groups in total. The number of hydrogen-bond donors (Lipinski definition) is 2. The first-order chi connectivity index (χ1) is 15.7. The van der Waals surface area contributed by atoms with Crippen molar-refractivity contribution in [3.05, 3.63) is 100 Å². The Hall–Kier alpha value is -3.44. The molecule has 4 aromatic rings. The van der Waals surface area contributed by atoms with Crippen molar-refractivity contribution in [1.82, 2.24) is 15.2 Å². The highest BCUT2D eigenvalue weighted by Crippen LogP contribution is 2.40. The third-order valence-electron chi connectivity index (χ3n) is 6.07. The molecule has 6 heteroatoms. The number of para-hydroxylation sites is 1. The van der Waals surface area contributed by atoms with E-state index in [4.69, 9.17) is 16.3 Å². The number of aromatic amines is 1. The van der Waals surface area contributed by atoms with Gasteiger partial charge in [0.05, 0.1) is 18.2 Å². The Bertz CT molecular complexity index is 1270. The van der Waals surface area contributed by atoms with Crippen LogP contribution >= 0.6 is 11.6 Å². The van der Waals surface area contributed by atoms with Gasteiger partial charge in [-0.05, 0) is 41.3 Å². The maximum atomic E-state index is 13.3. The van der Waals surface area contributed by atoms with Gasteiger partial charge in [-0.15, -0.1) is 0 Å². The average Bonchev–Trinajstić information content (AvgIpc) is 3.21. The lowest BCUT2D eigenvalue weighted by Crippen LogP contribution is -2.45. The van der Waals surface area contributed by atoms with Crippen LogP contribution in [0.1, 0.15) is 28.4 Å². The summed E-state index contributed by atoms with van der Waals surface area (Å²) in [6.45, 7) is 1.09. The number of hydrogen-bond acceptors (Lipinski definition) is 2. The van der Waals surface area contributed by atoms with Crippen LogP contribution in [0.3, 0.4) is 0 Å². The van der Waals surface area contributed by atoms with Crippen molar-refractivity contribution < 1.29 is 9.53 Å². The largest absolute Gasteiger partial charge is 0.495 e. The van der Waals surface area contributed by atoms with Crippen LogP contribution in [0.4, 0.5) is 4.79 Å². The summed E-state index contributed by atoms with van der Waals surface area (Å²) < 4.78 is 5.33. The van der Waals surface area contributed by atoms with E-state index in [1.54, 1.807) is 7.11 Å². The molecule has 0 aliphatic carbocycles. The Balaban J connectivity index is 1.53. The monoisotopic (exact) mass is 445 g/mol. The summed E-state index contributed by atoms with van der Waals surface area (Å²) in [6.07, 6.45) is 0.790. The number of fused-ring (bicyclic) bond motifs is 3. The number of rotatable bonds is 4. The number of amides is 2. The molecule has 5 nitrogen and oxygen atoms in total. The van der Waals surface area contributed by atoms with Gasteiger partial charge in [-0.3, -0.25) is 0 Å². The van der Waals surface area contributed by atoms with Crippen molar-refractivity contribution in [2.45, 2.75) is 19.0 Å². The van der Waals surface area contributed by atoms with Gasteiger partial charge in [-0.1, -0.05) is 66.2 Å². The third kappa shape index (κ3) is 3.69. The summed E-state index contributed by atoms with van der Waals surface area (Å²) in [5, 5.41) is 4.82. The zero-order valence-electron chi connectivity index (χ0n) is 17.8.